The van der Waals surface area contributed by atoms with Gasteiger partial charge in [-0.25, -0.2) is 0 Å². The third-order valence-corrected chi connectivity index (χ3v) is 4.45. The predicted molar refractivity (Wildman–Crippen MR) is 96.1 cm³/mol. The number of halogens is 1. The van der Waals surface area contributed by atoms with Gasteiger partial charge in [-0.3, -0.25) is 9.69 Å². The summed E-state index contributed by atoms with van der Waals surface area (Å²) in [7, 11) is 0. The first kappa shape index (κ1) is 17.9. The van der Waals surface area contributed by atoms with E-state index in [0.29, 0.717) is 23.3 Å². The monoisotopic (exact) mass is 362 g/mol. The van der Waals surface area contributed by atoms with Gasteiger partial charge in [0.05, 0.1) is 6.54 Å². The molecule has 0 atom stereocenters. The van der Waals surface area contributed by atoms with Gasteiger partial charge < -0.3 is 9.42 Å². The molecule has 0 N–H and O–H groups in total. The van der Waals surface area contributed by atoms with Crippen molar-refractivity contribution in [2.45, 2.75) is 27.3 Å². The van der Waals surface area contributed by atoms with Gasteiger partial charge in [-0.15, -0.1) is 0 Å². The molecule has 1 aliphatic rings. The molecular weight excluding hydrogens is 340 g/mol. The molecule has 134 valence electrons. The number of aromatic nitrogens is 2. The lowest BCUT2D eigenvalue weighted by molar-refractivity contribution is -0.141. The number of piperazine rings is 1. The number of benzene rings is 1. The Morgan fingerprint density at radius 2 is 1.96 bits per heavy atom. The molecule has 1 saturated heterocycles. The van der Waals surface area contributed by atoms with Crippen LogP contribution >= 0.6 is 11.6 Å². The van der Waals surface area contributed by atoms with Crippen LogP contribution in [0.5, 0.6) is 0 Å². The number of carbonyl (C=O) groups is 1. The lowest BCUT2D eigenvalue weighted by Gasteiger charge is -2.37. The third-order valence-electron chi connectivity index (χ3n) is 4.21. The highest BCUT2D eigenvalue weighted by molar-refractivity contribution is 6.30. The van der Waals surface area contributed by atoms with Gasteiger partial charge in [0.15, 0.2) is 0 Å². The standard InChI is InChI=1S/C18H23ClN4O2/c1-18(2,3)17(24)23-9-7-22(8-10-23)12-15-20-16(21-25-15)13-5-4-6-14(19)11-13/h4-6,11H,7-10,12H2,1-3H3. The van der Waals surface area contributed by atoms with E-state index in [1.807, 2.05) is 49.9 Å². The maximum Gasteiger partial charge on any atom is 0.241 e. The third kappa shape index (κ3) is 4.38. The van der Waals surface area contributed by atoms with E-state index in [9.17, 15) is 4.79 Å². The number of carbonyl (C=O) groups excluding carboxylic acids is 1. The Morgan fingerprint density at radius 1 is 1.24 bits per heavy atom. The average molecular weight is 363 g/mol. The van der Waals surface area contributed by atoms with Crippen molar-refractivity contribution in [1.29, 1.82) is 0 Å². The minimum atomic E-state index is -0.333. The van der Waals surface area contributed by atoms with Crippen molar-refractivity contribution in [3.05, 3.63) is 35.2 Å². The zero-order valence-electron chi connectivity index (χ0n) is 14.8. The van der Waals surface area contributed by atoms with E-state index in [4.69, 9.17) is 16.1 Å². The van der Waals surface area contributed by atoms with Crippen LogP contribution in [0.4, 0.5) is 0 Å². The summed E-state index contributed by atoms with van der Waals surface area (Å²) in [6, 6.07) is 7.38. The number of hydrogen-bond acceptors (Lipinski definition) is 5. The average Bonchev–Trinajstić information content (AvgIpc) is 3.03. The summed E-state index contributed by atoms with van der Waals surface area (Å²) in [5.74, 6) is 1.32. The van der Waals surface area contributed by atoms with Crippen LogP contribution in [0.15, 0.2) is 28.8 Å². The molecule has 0 saturated carbocycles. The molecule has 1 amide bonds. The molecule has 2 heterocycles. The maximum absolute atomic E-state index is 12.3. The molecule has 0 spiro atoms. The topological polar surface area (TPSA) is 62.5 Å². The molecule has 0 radical (unpaired) electrons. The first-order valence-corrected chi connectivity index (χ1v) is 8.81. The summed E-state index contributed by atoms with van der Waals surface area (Å²) in [4.78, 5) is 20.9. The van der Waals surface area contributed by atoms with Gasteiger partial charge >= 0.3 is 0 Å². The summed E-state index contributed by atoms with van der Waals surface area (Å²) in [6.45, 7) is 9.52. The molecule has 1 fully saturated rings. The maximum atomic E-state index is 12.3. The Morgan fingerprint density at radius 3 is 2.60 bits per heavy atom. The molecule has 0 aliphatic carbocycles. The molecule has 25 heavy (non-hydrogen) atoms. The largest absolute Gasteiger partial charge is 0.340 e. The molecule has 0 unspecified atom stereocenters. The van der Waals surface area contributed by atoms with Crippen LogP contribution in [0.1, 0.15) is 26.7 Å². The van der Waals surface area contributed by atoms with E-state index < -0.39 is 0 Å². The van der Waals surface area contributed by atoms with Gasteiger partial charge in [-0.1, -0.05) is 49.7 Å². The molecule has 1 aromatic heterocycles. The summed E-state index contributed by atoms with van der Waals surface area (Å²) in [5, 5.41) is 4.67. The van der Waals surface area contributed by atoms with Gasteiger partial charge in [0, 0.05) is 42.2 Å². The predicted octanol–water partition coefficient (Wildman–Crippen LogP) is 3.08. The van der Waals surface area contributed by atoms with Crippen molar-refractivity contribution in [2.24, 2.45) is 5.41 Å². The first-order valence-electron chi connectivity index (χ1n) is 8.43. The molecule has 0 bridgehead atoms. The van der Waals surface area contributed by atoms with Crippen LogP contribution < -0.4 is 0 Å². The van der Waals surface area contributed by atoms with Crippen LogP contribution in [-0.4, -0.2) is 52.0 Å². The van der Waals surface area contributed by atoms with Gasteiger partial charge in [0.1, 0.15) is 0 Å². The first-order chi connectivity index (χ1) is 11.8. The Hall–Kier alpha value is -1.92. The van der Waals surface area contributed by atoms with E-state index in [1.54, 1.807) is 0 Å². The van der Waals surface area contributed by atoms with Crippen LogP contribution in [-0.2, 0) is 11.3 Å². The normalized spacial score (nSPS) is 16.2. The molecule has 1 aromatic carbocycles. The Kier molecular flexibility index (Phi) is 5.11. The summed E-state index contributed by atoms with van der Waals surface area (Å²) >= 11 is 6.00. The SMILES string of the molecule is CC(C)(C)C(=O)N1CCN(Cc2nc(-c3cccc(Cl)c3)no2)CC1. The second-order valence-electron chi connectivity index (χ2n) is 7.34. The van der Waals surface area contributed by atoms with E-state index in [-0.39, 0.29) is 11.3 Å². The summed E-state index contributed by atoms with van der Waals surface area (Å²) in [6.07, 6.45) is 0. The fourth-order valence-electron chi connectivity index (χ4n) is 2.84. The highest BCUT2D eigenvalue weighted by Crippen LogP contribution is 2.21. The highest BCUT2D eigenvalue weighted by atomic mass is 35.5. The lowest BCUT2D eigenvalue weighted by Crippen LogP contribution is -2.51. The molecule has 1 aliphatic heterocycles. The quantitative estimate of drug-likeness (QED) is 0.839. The summed E-state index contributed by atoms with van der Waals surface area (Å²) in [5.41, 5.74) is 0.503. The van der Waals surface area contributed by atoms with Crippen molar-refractivity contribution in [1.82, 2.24) is 19.9 Å². The van der Waals surface area contributed by atoms with Crippen LogP contribution in [0, 0.1) is 5.41 Å². The molecule has 3 rings (SSSR count). The zero-order chi connectivity index (χ0) is 18.0. The van der Waals surface area contributed by atoms with Gasteiger partial charge in [-0.05, 0) is 12.1 Å². The van der Waals surface area contributed by atoms with E-state index >= 15 is 0 Å². The van der Waals surface area contributed by atoms with E-state index in [0.717, 1.165) is 31.7 Å². The second-order valence-corrected chi connectivity index (χ2v) is 7.78. The number of amides is 1. The number of rotatable bonds is 3. The van der Waals surface area contributed by atoms with Gasteiger partial charge in [0.25, 0.3) is 0 Å². The Bertz CT molecular complexity index is 746. The van der Waals surface area contributed by atoms with E-state index in [1.165, 1.54) is 0 Å². The fourth-order valence-corrected chi connectivity index (χ4v) is 3.03. The second kappa shape index (κ2) is 7.14. The van der Waals surface area contributed by atoms with E-state index in [2.05, 4.69) is 15.0 Å². The van der Waals surface area contributed by atoms with Crippen LogP contribution in [0.3, 0.4) is 0 Å². The Balaban J connectivity index is 1.57. The minimum Gasteiger partial charge on any atom is -0.340 e. The van der Waals surface area contributed by atoms with Crippen LogP contribution in [0.25, 0.3) is 11.4 Å². The van der Waals surface area contributed by atoms with Crippen molar-refractivity contribution in [2.75, 3.05) is 26.2 Å². The number of nitrogens with zero attached hydrogens (tertiary/aromatic N) is 4. The van der Waals surface area contributed by atoms with Gasteiger partial charge in [-0.2, -0.15) is 4.98 Å². The smallest absolute Gasteiger partial charge is 0.241 e. The van der Waals surface area contributed by atoms with Crippen LogP contribution in [0.2, 0.25) is 5.02 Å². The number of hydrogen-bond donors (Lipinski definition) is 0. The Labute approximate surface area is 152 Å². The highest BCUT2D eigenvalue weighted by Gasteiger charge is 2.30. The molecule has 7 heteroatoms. The molecule has 6 nitrogen and oxygen atoms in total. The molecular formula is C18H23ClN4O2. The van der Waals surface area contributed by atoms with Crippen molar-refractivity contribution in [3.8, 4) is 11.4 Å². The van der Waals surface area contributed by atoms with Crippen molar-refractivity contribution >= 4 is 17.5 Å². The van der Waals surface area contributed by atoms with Gasteiger partial charge in [0.2, 0.25) is 17.6 Å². The fraction of sp³-hybridized carbons (Fsp3) is 0.500. The van der Waals surface area contributed by atoms with Crippen molar-refractivity contribution in [3.63, 3.8) is 0 Å². The zero-order valence-corrected chi connectivity index (χ0v) is 15.6. The lowest BCUT2D eigenvalue weighted by atomic mass is 9.94. The van der Waals surface area contributed by atoms with Crippen molar-refractivity contribution < 1.29 is 9.32 Å². The summed E-state index contributed by atoms with van der Waals surface area (Å²) < 4.78 is 5.36. The minimum absolute atomic E-state index is 0.202. The molecule has 2 aromatic rings.